The SMILES string of the molecule is COc1cccc(N2CCN(Cc3cc4c(cc3O)OCO4)CC2)c1. The minimum Gasteiger partial charge on any atom is -0.507 e. The van der Waals surface area contributed by atoms with Crippen molar-refractivity contribution in [2.75, 3.05) is 45.0 Å². The van der Waals surface area contributed by atoms with E-state index in [1.165, 1.54) is 5.69 Å². The van der Waals surface area contributed by atoms with Crippen LogP contribution in [0.3, 0.4) is 0 Å². The molecule has 0 bridgehead atoms. The van der Waals surface area contributed by atoms with Gasteiger partial charge >= 0.3 is 0 Å². The van der Waals surface area contributed by atoms with Crippen molar-refractivity contribution >= 4 is 5.69 Å². The highest BCUT2D eigenvalue weighted by atomic mass is 16.7. The summed E-state index contributed by atoms with van der Waals surface area (Å²) in [7, 11) is 1.69. The molecule has 6 nitrogen and oxygen atoms in total. The third-order valence-corrected chi connectivity index (χ3v) is 4.76. The lowest BCUT2D eigenvalue weighted by Gasteiger charge is -2.36. The molecule has 0 aromatic heterocycles. The summed E-state index contributed by atoms with van der Waals surface area (Å²) >= 11 is 0. The van der Waals surface area contributed by atoms with Crippen molar-refractivity contribution in [1.82, 2.24) is 4.90 Å². The Hall–Kier alpha value is -2.60. The van der Waals surface area contributed by atoms with E-state index in [0.29, 0.717) is 18.0 Å². The Morgan fingerprint density at radius 1 is 1.04 bits per heavy atom. The van der Waals surface area contributed by atoms with Gasteiger partial charge in [0, 0.05) is 56.1 Å². The number of fused-ring (bicyclic) bond motifs is 1. The number of phenolic OH excluding ortho intramolecular Hbond substituents is 1. The highest BCUT2D eigenvalue weighted by molar-refractivity contribution is 5.52. The second-order valence-corrected chi connectivity index (χ2v) is 6.30. The van der Waals surface area contributed by atoms with Crippen molar-refractivity contribution in [2.45, 2.75) is 6.54 Å². The molecule has 2 aliphatic rings. The Morgan fingerprint density at radius 3 is 2.56 bits per heavy atom. The molecule has 1 fully saturated rings. The largest absolute Gasteiger partial charge is 0.507 e. The number of hydrogen-bond donors (Lipinski definition) is 1. The molecule has 0 amide bonds. The van der Waals surface area contributed by atoms with Crippen LogP contribution in [0.25, 0.3) is 0 Å². The average molecular weight is 342 g/mol. The van der Waals surface area contributed by atoms with Crippen molar-refractivity contribution < 1.29 is 19.3 Å². The van der Waals surface area contributed by atoms with Gasteiger partial charge in [-0.25, -0.2) is 0 Å². The number of ether oxygens (including phenoxy) is 3. The van der Waals surface area contributed by atoms with Crippen molar-refractivity contribution in [3.05, 3.63) is 42.0 Å². The lowest BCUT2D eigenvalue weighted by molar-refractivity contribution is 0.173. The van der Waals surface area contributed by atoms with Gasteiger partial charge in [0.2, 0.25) is 6.79 Å². The Balaban J connectivity index is 1.39. The number of nitrogens with zero attached hydrogens (tertiary/aromatic N) is 2. The monoisotopic (exact) mass is 342 g/mol. The molecule has 0 aliphatic carbocycles. The molecule has 0 radical (unpaired) electrons. The summed E-state index contributed by atoms with van der Waals surface area (Å²) in [4.78, 5) is 4.70. The summed E-state index contributed by atoms with van der Waals surface area (Å²) in [5.41, 5.74) is 2.06. The Labute approximate surface area is 147 Å². The highest BCUT2D eigenvalue weighted by Gasteiger charge is 2.21. The fraction of sp³-hybridized carbons (Fsp3) is 0.368. The summed E-state index contributed by atoms with van der Waals surface area (Å²) in [5, 5.41) is 10.2. The molecule has 2 aliphatic heterocycles. The predicted molar refractivity (Wildman–Crippen MR) is 94.7 cm³/mol. The number of hydrogen-bond acceptors (Lipinski definition) is 6. The van der Waals surface area contributed by atoms with Gasteiger partial charge in [-0.2, -0.15) is 0 Å². The van der Waals surface area contributed by atoms with E-state index in [0.717, 1.165) is 37.5 Å². The van der Waals surface area contributed by atoms with Gasteiger partial charge in [0.1, 0.15) is 11.5 Å². The van der Waals surface area contributed by atoms with Gasteiger partial charge in [-0.3, -0.25) is 4.90 Å². The van der Waals surface area contributed by atoms with E-state index in [-0.39, 0.29) is 12.5 Å². The van der Waals surface area contributed by atoms with Gasteiger partial charge in [-0.05, 0) is 18.2 Å². The third kappa shape index (κ3) is 3.30. The molecule has 1 N–H and O–H groups in total. The van der Waals surface area contributed by atoms with Gasteiger partial charge in [-0.15, -0.1) is 0 Å². The zero-order valence-corrected chi connectivity index (χ0v) is 14.3. The minimum absolute atomic E-state index is 0.220. The molecule has 0 spiro atoms. The zero-order chi connectivity index (χ0) is 17.2. The summed E-state index contributed by atoms with van der Waals surface area (Å²) in [5.74, 6) is 2.47. The summed E-state index contributed by atoms with van der Waals surface area (Å²) in [6.07, 6.45) is 0. The van der Waals surface area contributed by atoms with Gasteiger partial charge in [0.05, 0.1) is 7.11 Å². The second kappa shape index (κ2) is 6.72. The fourth-order valence-electron chi connectivity index (χ4n) is 3.31. The summed E-state index contributed by atoms with van der Waals surface area (Å²) in [6.45, 7) is 4.68. The van der Waals surface area contributed by atoms with Gasteiger partial charge < -0.3 is 24.2 Å². The number of anilines is 1. The second-order valence-electron chi connectivity index (χ2n) is 6.30. The van der Waals surface area contributed by atoms with Crippen LogP contribution in [0.5, 0.6) is 23.0 Å². The molecule has 2 heterocycles. The number of methoxy groups -OCH3 is 1. The van der Waals surface area contributed by atoms with Crippen molar-refractivity contribution in [3.8, 4) is 23.0 Å². The van der Waals surface area contributed by atoms with Crippen LogP contribution in [0, 0.1) is 0 Å². The number of piperazine rings is 1. The minimum atomic E-state index is 0.220. The van der Waals surface area contributed by atoms with Crippen molar-refractivity contribution in [1.29, 1.82) is 0 Å². The Kier molecular flexibility index (Phi) is 4.28. The van der Waals surface area contributed by atoms with Gasteiger partial charge in [-0.1, -0.05) is 6.07 Å². The Bertz CT molecular complexity index is 757. The fourth-order valence-corrected chi connectivity index (χ4v) is 3.31. The van der Waals surface area contributed by atoms with E-state index in [9.17, 15) is 5.11 Å². The van der Waals surface area contributed by atoms with Gasteiger partial charge in [0.15, 0.2) is 11.5 Å². The molecular weight excluding hydrogens is 320 g/mol. The Morgan fingerprint density at radius 2 is 1.80 bits per heavy atom. The first-order valence-electron chi connectivity index (χ1n) is 8.46. The first-order valence-corrected chi connectivity index (χ1v) is 8.46. The first kappa shape index (κ1) is 15.9. The molecule has 1 saturated heterocycles. The zero-order valence-electron chi connectivity index (χ0n) is 14.3. The molecule has 0 saturated carbocycles. The molecule has 6 heteroatoms. The number of aromatic hydroxyl groups is 1. The molecule has 0 atom stereocenters. The lowest BCUT2D eigenvalue weighted by Crippen LogP contribution is -2.45. The number of phenols is 1. The van der Waals surface area contributed by atoms with Crippen molar-refractivity contribution in [2.24, 2.45) is 0 Å². The maximum atomic E-state index is 10.2. The van der Waals surface area contributed by atoms with E-state index in [2.05, 4.69) is 21.9 Å². The van der Waals surface area contributed by atoms with E-state index in [4.69, 9.17) is 14.2 Å². The topological polar surface area (TPSA) is 54.4 Å². The first-order chi connectivity index (χ1) is 12.2. The molecule has 0 unspecified atom stereocenters. The van der Waals surface area contributed by atoms with Crippen LogP contribution < -0.4 is 19.1 Å². The summed E-state index contributed by atoms with van der Waals surface area (Å²) < 4.78 is 16.0. The van der Waals surface area contributed by atoms with Crippen molar-refractivity contribution in [3.63, 3.8) is 0 Å². The highest BCUT2D eigenvalue weighted by Crippen LogP contribution is 2.38. The smallest absolute Gasteiger partial charge is 0.231 e. The molecule has 132 valence electrons. The van der Waals surface area contributed by atoms with Crippen LogP contribution in [-0.4, -0.2) is 50.1 Å². The van der Waals surface area contributed by atoms with E-state index < -0.39 is 0 Å². The van der Waals surface area contributed by atoms with Crippen LogP contribution in [-0.2, 0) is 6.54 Å². The van der Waals surface area contributed by atoms with Crippen LogP contribution in [0.2, 0.25) is 0 Å². The van der Waals surface area contributed by atoms with E-state index in [1.807, 2.05) is 18.2 Å². The van der Waals surface area contributed by atoms with Crippen LogP contribution in [0.4, 0.5) is 5.69 Å². The number of benzene rings is 2. The maximum Gasteiger partial charge on any atom is 0.231 e. The van der Waals surface area contributed by atoms with E-state index in [1.54, 1.807) is 13.2 Å². The molecule has 2 aromatic carbocycles. The molecular formula is C19H22N2O4. The van der Waals surface area contributed by atoms with Crippen LogP contribution in [0.15, 0.2) is 36.4 Å². The molecule has 2 aromatic rings. The third-order valence-electron chi connectivity index (χ3n) is 4.76. The quantitative estimate of drug-likeness (QED) is 0.921. The number of rotatable bonds is 4. The van der Waals surface area contributed by atoms with Crippen LogP contribution >= 0.6 is 0 Å². The van der Waals surface area contributed by atoms with E-state index >= 15 is 0 Å². The predicted octanol–water partition coefficient (Wildman–Crippen LogP) is 2.45. The van der Waals surface area contributed by atoms with Crippen LogP contribution in [0.1, 0.15) is 5.56 Å². The normalized spacial score (nSPS) is 16.9. The average Bonchev–Trinajstić information content (AvgIpc) is 3.10. The summed E-state index contributed by atoms with van der Waals surface area (Å²) in [6, 6.07) is 11.7. The molecule has 25 heavy (non-hydrogen) atoms. The molecule has 4 rings (SSSR count). The lowest BCUT2D eigenvalue weighted by atomic mass is 10.1. The maximum absolute atomic E-state index is 10.2. The standard InChI is InChI=1S/C19H22N2O4/c1-23-16-4-2-3-15(10-16)21-7-5-20(6-8-21)12-14-9-18-19(11-17(14)22)25-13-24-18/h2-4,9-11,22H,5-8,12-13H2,1H3. The van der Waals surface area contributed by atoms with Gasteiger partial charge in [0.25, 0.3) is 0 Å².